The third-order valence-electron chi connectivity index (χ3n) is 7.03. The zero-order valence-electron chi connectivity index (χ0n) is 19.3. The average molecular weight is 512 g/mol. The Morgan fingerprint density at radius 2 is 1.97 bits per heavy atom. The minimum atomic E-state index is -4.64. The van der Waals surface area contributed by atoms with Crippen LogP contribution in [0.5, 0.6) is 17.2 Å². The molecule has 0 spiro atoms. The molecule has 2 aromatic carbocycles. The predicted molar refractivity (Wildman–Crippen MR) is 123 cm³/mol. The lowest BCUT2D eigenvalue weighted by molar-refractivity contribution is -0.137. The van der Waals surface area contributed by atoms with Gasteiger partial charge >= 0.3 is 6.18 Å². The number of nitrogens with zero attached hydrogens (tertiary/aromatic N) is 1. The SMILES string of the molecule is O=C(Cc1ccc(C(F)(F)F)cc1F)C[C@@H]1C2Oc3ccc(Oc4ccnc5c4CCC(=O)N5)cc3[C@H]21. The van der Waals surface area contributed by atoms with Gasteiger partial charge in [-0.3, -0.25) is 9.59 Å². The third-order valence-corrected chi connectivity index (χ3v) is 7.03. The normalized spacial score (nSPS) is 21.3. The van der Waals surface area contributed by atoms with E-state index in [2.05, 4.69) is 10.3 Å². The number of halogens is 4. The first-order chi connectivity index (χ1) is 17.7. The minimum Gasteiger partial charge on any atom is -0.489 e. The Balaban J connectivity index is 1.12. The Bertz CT molecular complexity index is 1440. The van der Waals surface area contributed by atoms with Crippen LogP contribution in [0.4, 0.5) is 23.4 Å². The van der Waals surface area contributed by atoms with E-state index in [4.69, 9.17) is 9.47 Å². The average Bonchev–Trinajstić information content (AvgIpc) is 3.35. The Morgan fingerprint density at radius 1 is 1.14 bits per heavy atom. The summed E-state index contributed by atoms with van der Waals surface area (Å²) in [5.41, 5.74) is 0.593. The number of alkyl halides is 3. The van der Waals surface area contributed by atoms with Gasteiger partial charge in [-0.15, -0.1) is 0 Å². The first-order valence-corrected chi connectivity index (χ1v) is 11.8. The summed E-state index contributed by atoms with van der Waals surface area (Å²) in [7, 11) is 0. The summed E-state index contributed by atoms with van der Waals surface area (Å²) in [6.07, 6.45) is -2.52. The third kappa shape index (κ3) is 4.41. The molecule has 3 aromatic rings. The number of nitrogens with one attached hydrogen (secondary N) is 1. The number of anilines is 1. The molecule has 0 bridgehead atoms. The summed E-state index contributed by atoms with van der Waals surface area (Å²) in [6, 6.07) is 9.42. The molecule has 37 heavy (non-hydrogen) atoms. The molecule has 0 saturated heterocycles. The van der Waals surface area contributed by atoms with Gasteiger partial charge in [0.05, 0.1) is 5.56 Å². The lowest BCUT2D eigenvalue weighted by Crippen LogP contribution is -2.20. The van der Waals surface area contributed by atoms with Crippen LogP contribution in [0.1, 0.15) is 41.0 Å². The maximum Gasteiger partial charge on any atom is 0.416 e. The van der Waals surface area contributed by atoms with Crippen LogP contribution in [0.15, 0.2) is 48.7 Å². The van der Waals surface area contributed by atoms with Crippen molar-refractivity contribution < 1.29 is 36.6 Å². The fourth-order valence-electron chi connectivity index (χ4n) is 5.15. The van der Waals surface area contributed by atoms with Gasteiger partial charge in [0.25, 0.3) is 0 Å². The molecule has 6 rings (SSSR count). The number of ketones is 1. The number of benzene rings is 2. The van der Waals surface area contributed by atoms with E-state index in [9.17, 15) is 27.2 Å². The van der Waals surface area contributed by atoms with E-state index in [1.807, 2.05) is 12.1 Å². The van der Waals surface area contributed by atoms with Gasteiger partial charge < -0.3 is 14.8 Å². The van der Waals surface area contributed by atoms with E-state index >= 15 is 0 Å². The molecule has 2 aliphatic heterocycles. The number of Topliss-reactive ketones (excluding diaryl/α,β-unsaturated/α-hetero) is 1. The zero-order chi connectivity index (χ0) is 25.9. The van der Waals surface area contributed by atoms with Crippen molar-refractivity contribution in [2.24, 2.45) is 5.92 Å². The topological polar surface area (TPSA) is 77.5 Å². The summed E-state index contributed by atoms with van der Waals surface area (Å²) in [4.78, 5) is 28.5. The fraction of sp³-hybridized carbons (Fsp3) is 0.296. The maximum atomic E-state index is 14.2. The number of rotatable bonds is 6. The molecular formula is C27H20F4N2O4. The van der Waals surface area contributed by atoms with E-state index < -0.39 is 17.6 Å². The van der Waals surface area contributed by atoms with Crippen molar-refractivity contribution in [3.63, 3.8) is 0 Å². The van der Waals surface area contributed by atoms with Gasteiger partial charge in [-0.25, -0.2) is 9.37 Å². The van der Waals surface area contributed by atoms with Gasteiger partial charge in [-0.05, 0) is 48.4 Å². The first-order valence-electron chi connectivity index (χ1n) is 11.8. The number of amides is 1. The van der Waals surface area contributed by atoms with Gasteiger partial charge in [0, 0.05) is 48.4 Å². The Morgan fingerprint density at radius 3 is 2.76 bits per heavy atom. The highest BCUT2D eigenvalue weighted by atomic mass is 19.4. The van der Waals surface area contributed by atoms with Gasteiger partial charge in [0.1, 0.15) is 40.8 Å². The van der Waals surface area contributed by atoms with Crippen LogP contribution in [-0.4, -0.2) is 22.8 Å². The molecule has 1 saturated carbocycles. The standard InChI is InChI=1S/C27H20F4N2O4/c28-20-10-14(27(29,30)31)2-1-13(20)9-15(34)11-19-24-18-12-16(3-5-21(18)37-25(19)24)36-22-7-8-32-26-17(22)4-6-23(35)33-26/h1-3,5,7-8,10,12,19,24-25H,4,6,9,11H2,(H,32,33,35)/t19-,24-,25?/m0/s1. The molecule has 3 atom stereocenters. The van der Waals surface area contributed by atoms with Crippen molar-refractivity contribution in [2.45, 2.75) is 43.9 Å². The van der Waals surface area contributed by atoms with Crippen molar-refractivity contribution in [1.29, 1.82) is 0 Å². The van der Waals surface area contributed by atoms with E-state index in [0.29, 0.717) is 42.0 Å². The summed E-state index contributed by atoms with van der Waals surface area (Å²) in [6.45, 7) is 0. The quantitative estimate of drug-likeness (QED) is 0.436. The molecule has 0 radical (unpaired) electrons. The van der Waals surface area contributed by atoms with Gasteiger partial charge in [0.2, 0.25) is 5.91 Å². The maximum absolute atomic E-state index is 14.2. The monoisotopic (exact) mass is 512 g/mol. The van der Waals surface area contributed by atoms with Gasteiger partial charge in [-0.1, -0.05) is 6.07 Å². The molecule has 1 unspecified atom stereocenters. The molecule has 1 aliphatic carbocycles. The fourth-order valence-corrected chi connectivity index (χ4v) is 5.15. The van der Waals surface area contributed by atoms with Crippen LogP contribution in [0, 0.1) is 11.7 Å². The number of aromatic nitrogens is 1. The Hall–Kier alpha value is -3.95. The smallest absolute Gasteiger partial charge is 0.416 e. The molecule has 1 amide bonds. The van der Waals surface area contributed by atoms with Crippen LogP contribution < -0.4 is 14.8 Å². The second kappa shape index (κ2) is 8.57. The van der Waals surface area contributed by atoms with E-state index in [0.717, 1.165) is 23.3 Å². The number of pyridine rings is 1. The van der Waals surface area contributed by atoms with Gasteiger partial charge in [0.15, 0.2) is 0 Å². The second-order valence-corrected chi connectivity index (χ2v) is 9.48. The van der Waals surface area contributed by atoms with Crippen molar-refractivity contribution in [3.05, 3.63) is 76.7 Å². The summed E-state index contributed by atoms with van der Waals surface area (Å²) >= 11 is 0. The highest BCUT2D eigenvalue weighted by molar-refractivity contribution is 5.93. The van der Waals surface area contributed by atoms with Crippen molar-refractivity contribution in [3.8, 4) is 17.2 Å². The Kier molecular flexibility index (Phi) is 5.43. The highest BCUT2D eigenvalue weighted by Crippen LogP contribution is 2.60. The van der Waals surface area contributed by atoms with Gasteiger partial charge in [-0.2, -0.15) is 13.2 Å². The van der Waals surface area contributed by atoms with Crippen LogP contribution in [-0.2, 0) is 28.6 Å². The number of hydrogen-bond donors (Lipinski definition) is 1. The molecular weight excluding hydrogens is 492 g/mol. The molecule has 190 valence electrons. The largest absolute Gasteiger partial charge is 0.489 e. The second-order valence-electron chi connectivity index (χ2n) is 9.48. The number of carbonyl (C=O) groups excluding carboxylic acids is 2. The highest BCUT2D eigenvalue weighted by Gasteiger charge is 2.59. The summed E-state index contributed by atoms with van der Waals surface area (Å²) in [5, 5.41) is 2.74. The number of hydrogen-bond acceptors (Lipinski definition) is 5. The molecule has 6 nitrogen and oxygen atoms in total. The number of fused-ring (bicyclic) bond motifs is 4. The van der Waals surface area contributed by atoms with E-state index in [1.54, 1.807) is 18.3 Å². The van der Waals surface area contributed by atoms with Crippen molar-refractivity contribution in [2.75, 3.05) is 5.32 Å². The first kappa shape index (κ1) is 23.4. The lowest BCUT2D eigenvalue weighted by Gasteiger charge is -2.19. The van der Waals surface area contributed by atoms with Crippen LogP contribution in [0.25, 0.3) is 0 Å². The zero-order valence-corrected chi connectivity index (χ0v) is 19.3. The van der Waals surface area contributed by atoms with Crippen molar-refractivity contribution >= 4 is 17.5 Å². The minimum absolute atomic E-state index is 0.00871. The molecule has 1 fully saturated rings. The molecule has 1 N–H and O–H groups in total. The number of carbonyl (C=O) groups is 2. The van der Waals surface area contributed by atoms with Crippen LogP contribution >= 0.6 is 0 Å². The van der Waals surface area contributed by atoms with Crippen LogP contribution in [0.2, 0.25) is 0 Å². The molecule has 3 heterocycles. The van der Waals surface area contributed by atoms with E-state index in [1.165, 1.54) is 0 Å². The van der Waals surface area contributed by atoms with Crippen LogP contribution in [0.3, 0.4) is 0 Å². The molecule has 10 heteroatoms. The lowest BCUT2D eigenvalue weighted by atomic mass is 10.0. The predicted octanol–water partition coefficient (Wildman–Crippen LogP) is 5.59. The Labute approximate surface area is 208 Å². The number of ether oxygens (including phenoxy) is 2. The molecule has 3 aliphatic rings. The summed E-state index contributed by atoms with van der Waals surface area (Å²) in [5.74, 6) is 0.892. The summed E-state index contributed by atoms with van der Waals surface area (Å²) < 4.78 is 64.5. The van der Waals surface area contributed by atoms with Crippen molar-refractivity contribution in [1.82, 2.24) is 4.98 Å². The molecule has 1 aromatic heterocycles. The van der Waals surface area contributed by atoms with E-state index in [-0.39, 0.29) is 48.0 Å².